The molecule has 6 nitrogen and oxygen atoms in total. The van der Waals surface area contributed by atoms with Crippen molar-refractivity contribution in [2.45, 2.75) is 18.8 Å². The monoisotopic (exact) mass is 327 g/mol. The molecule has 0 aliphatic carbocycles. The maximum atomic E-state index is 12.0. The van der Waals surface area contributed by atoms with Crippen LogP contribution in [0.2, 0.25) is 0 Å². The Hall–Kier alpha value is -2.00. The number of halogens is 4. The molecule has 0 aliphatic rings. The summed E-state index contributed by atoms with van der Waals surface area (Å²) < 4.78 is 39.8. The third kappa shape index (κ3) is 7.37. The highest BCUT2D eigenvalue weighted by atomic mass is 35.5. The summed E-state index contributed by atoms with van der Waals surface area (Å²) in [5, 5.41) is 2.25. The van der Waals surface area contributed by atoms with Crippen LogP contribution < -0.4 is 21.5 Å². The van der Waals surface area contributed by atoms with Crippen molar-refractivity contribution in [2.24, 2.45) is 11.5 Å². The highest BCUT2D eigenvalue weighted by Gasteiger charge is 2.31. The number of anilines is 1. The van der Waals surface area contributed by atoms with Crippen LogP contribution in [0.4, 0.5) is 18.9 Å². The number of nitrogens with one attached hydrogen (secondary N) is 1. The van der Waals surface area contributed by atoms with Crippen LogP contribution >= 0.6 is 12.4 Å². The zero-order valence-electron chi connectivity index (χ0n) is 10.5. The highest BCUT2D eigenvalue weighted by Crippen LogP contribution is 2.25. The minimum Gasteiger partial charge on any atom is -0.406 e. The van der Waals surface area contributed by atoms with Crippen molar-refractivity contribution in [3.63, 3.8) is 0 Å². The Kier molecular flexibility index (Phi) is 6.96. The summed E-state index contributed by atoms with van der Waals surface area (Å²) >= 11 is 0. The number of benzene rings is 1. The van der Waals surface area contributed by atoms with Crippen LogP contribution in [0.3, 0.4) is 0 Å². The molecule has 0 aromatic heterocycles. The molecule has 0 aliphatic heterocycles. The fourth-order valence-electron chi connectivity index (χ4n) is 1.32. The molecular weight excluding hydrogens is 315 g/mol. The van der Waals surface area contributed by atoms with Crippen LogP contribution in [0, 0.1) is 0 Å². The highest BCUT2D eigenvalue weighted by molar-refractivity contribution is 5.97. The average Bonchev–Trinajstić information content (AvgIpc) is 2.25. The molecule has 1 rings (SSSR count). The van der Waals surface area contributed by atoms with Gasteiger partial charge in [0.2, 0.25) is 11.8 Å². The molecule has 21 heavy (non-hydrogen) atoms. The molecular formula is C11H13ClF3N3O3. The van der Waals surface area contributed by atoms with Gasteiger partial charge in [0, 0.05) is 11.8 Å². The van der Waals surface area contributed by atoms with Crippen molar-refractivity contribution in [3.05, 3.63) is 24.3 Å². The number of amides is 2. The van der Waals surface area contributed by atoms with E-state index >= 15 is 0 Å². The Labute approximate surface area is 124 Å². The summed E-state index contributed by atoms with van der Waals surface area (Å²) in [7, 11) is 0. The molecule has 0 radical (unpaired) electrons. The van der Waals surface area contributed by atoms with Gasteiger partial charge in [-0.25, -0.2) is 0 Å². The maximum absolute atomic E-state index is 12.0. The first kappa shape index (κ1) is 19.0. The van der Waals surface area contributed by atoms with Crippen LogP contribution in [0.25, 0.3) is 0 Å². The number of alkyl halides is 3. The molecule has 118 valence electrons. The predicted molar refractivity (Wildman–Crippen MR) is 70.8 cm³/mol. The number of hydrogen-bond donors (Lipinski definition) is 3. The number of carbonyl (C=O) groups is 2. The minimum absolute atomic E-state index is 0. The molecule has 0 fully saturated rings. The molecule has 1 unspecified atom stereocenters. The van der Waals surface area contributed by atoms with Gasteiger partial charge in [0.05, 0.1) is 12.5 Å². The summed E-state index contributed by atoms with van der Waals surface area (Å²) in [5.41, 5.74) is 10.3. The van der Waals surface area contributed by atoms with E-state index in [1.807, 2.05) is 0 Å². The minimum atomic E-state index is -4.83. The molecule has 0 saturated heterocycles. The molecule has 0 saturated carbocycles. The van der Waals surface area contributed by atoms with E-state index in [9.17, 15) is 22.8 Å². The van der Waals surface area contributed by atoms with Crippen molar-refractivity contribution < 1.29 is 27.5 Å². The van der Waals surface area contributed by atoms with E-state index < -0.39 is 30.0 Å². The standard InChI is InChI=1S/C11H12F3N3O3.ClH/c12-11(13,14)20-7-3-1-2-6(4-7)17-10(19)8(15)5-9(16)18;/h1-4,8H,5,15H2,(H2,16,18)(H,17,19);1H. The number of carbonyl (C=O) groups excluding carboxylic acids is 2. The van der Waals surface area contributed by atoms with Crippen molar-refractivity contribution in [1.82, 2.24) is 0 Å². The SMILES string of the molecule is Cl.NC(=O)CC(N)C(=O)Nc1cccc(OC(F)(F)F)c1. The van der Waals surface area contributed by atoms with Gasteiger partial charge in [-0.1, -0.05) is 6.07 Å². The fraction of sp³-hybridized carbons (Fsp3) is 0.273. The summed E-state index contributed by atoms with van der Waals surface area (Å²) in [6, 6.07) is 3.48. The zero-order chi connectivity index (χ0) is 15.3. The summed E-state index contributed by atoms with van der Waals surface area (Å²) in [4.78, 5) is 22.1. The van der Waals surface area contributed by atoms with Gasteiger partial charge in [0.15, 0.2) is 0 Å². The second-order valence-corrected chi connectivity index (χ2v) is 3.84. The van der Waals surface area contributed by atoms with Gasteiger partial charge < -0.3 is 21.5 Å². The quantitative estimate of drug-likeness (QED) is 0.754. The van der Waals surface area contributed by atoms with Gasteiger partial charge >= 0.3 is 6.36 Å². The molecule has 0 bridgehead atoms. The number of primary amides is 1. The van der Waals surface area contributed by atoms with Crippen molar-refractivity contribution >= 4 is 29.9 Å². The Morgan fingerprint density at radius 3 is 2.48 bits per heavy atom. The Morgan fingerprint density at radius 2 is 1.95 bits per heavy atom. The first-order valence-corrected chi connectivity index (χ1v) is 5.38. The van der Waals surface area contributed by atoms with Gasteiger partial charge in [-0.3, -0.25) is 9.59 Å². The lowest BCUT2D eigenvalue weighted by molar-refractivity contribution is -0.274. The normalized spacial score (nSPS) is 12.0. The lowest BCUT2D eigenvalue weighted by Gasteiger charge is -2.12. The van der Waals surface area contributed by atoms with E-state index in [-0.39, 0.29) is 24.5 Å². The smallest absolute Gasteiger partial charge is 0.406 e. The predicted octanol–water partition coefficient (Wildman–Crippen LogP) is 1.15. The Bertz CT molecular complexity index is 511. The molecule has 2 amide bonds. The molecule has 10 heteroatoms. The Balaban J connectivity index is 0.00000400. The maximum Gasteiger partial charge on any atom is 0.573 e. The summed E-state index contributed by atoms with van der Waals surface area (Å²) in [6.07, 6.45) is -5.20. The average molecular weight is 328 g/mol. The molecule has 1 aromatic rings. The third-order valence-corrected chi connectivity index (χ3v) is 2.09. The van der Waals surface area contributed by atoms with Crippen molar-refractivity contribution in [2.75, 3.05) is 5.32 Å². The second-order valence-electron chi connectivity index (χ2n) is 3.84. The molecule has 0 spiro atoms. The number of hydrogen-bond acceptors (Lipinski definition) is 4. The van der Waals surface area contributed by atoms with E-state index in [2.05, 4.69) is 10.1 Å². The van der Waals surface area contributed by atoms with Crippen LogP contribution in [0.15, 0.2) is 24.3 Å². The zero-order valence-corrected chi connectivity index (χ0v) is 11.3. The van der Waals surface area contributed by atoms with E-state index in [4.69, 9.17) is 11.5 Å². The number of rotatable bonds is 5. The van der Waals surface area contributed by atoms with Gasteiger partial charge in [-0.2, -0.15) is 0 Å². The third-order valence-electron chi connectivity index (χ3n) is 2.09. The number of nitrogens with two attached hydrogens (primary N) is 2. The van der Waals surface area contributed by atoms with Gasteiger partial charge in [-0.05, 0) is 12.1 Å². The van der Waals surface area contributed by atoms with E-state index in [0.29, 0.717) is 0 Å². The van der Waals surface area contributed by atoms with Crippen LogP contribution in [-0.4, -0.2) is 24.2 Å². The van der Waals surface area contributed by atoms with Crippen LogP contribution in [-0.2, 0) is 9.59 Å². The molecule has 0 heterocycles. The van der Waals surface area contributed by atoms with E-state index in [1.54, 1.807) is 0 Å². The second kappa shape index (κ2) is 7.70. The topological polar surface area (TPSA) is 107 Å². The summed E-state index contributed by atoms with van der Waals surface area (Å²) in [6.45, 7) is 0. The Morgan fingerprint density at radius 1 is 1.33 bits per heavy atom. The largest absolute Gasteiger partial charge is 0.573 e. The van der Waals surface area contributed by atoms with Gasteiger partial charge in [-0.15, -0.1) is 25.6 Å². The molecule has 1 aromatic carbocycles. The van der Waals surface area contributed by atoms with Crippen LogP contribution in [0.5, 0.6) is 5.75 Å². The lowest BCUT2D eigenvalue weighted by Crippen LogP contribution is -2.39. The van der Waals surface area contributed by atoms with Crippen molar-refractivity contribution in [3.8, 4) is 5.75 Å². The van der Waals surface area contributed by atoms with E-state index in [0.717, 1.165) is 12.1 Å². The van der Waals surface area contributed by atoms with Crippen molar-refractivity contribution in [1.29, 1.82) is 0 Å². The first-order valence-electron chi connectivity index (χ1n) is 5.38. The lowest BCUT2D eigenvalue weighted by atomic mass is 10.2. The van der Waals surface area contributed by atoms with E-state index in [1.165, 1.54) is 12.1 Å². The van der Waals surface area contributed by atoms with Crippen LogP contribution in [0.1, 0.15) is 6.42 Å². The first-order chi connectivity index (χ1) is 9.17. The fourth-order valence-corrected chi connectivity index (χ4v) is 1.32. The molecule has 1 atom stereocenters. The molecule has 5 N–H and O–H groups in total. The number of ether oxygens (including phenoxy) is 1. The van der Waals surface area contributed by atoms with Gasteiger partial charge in [0.1, 0.15) is 5.75 Å². The summed E-state index contributed by atoms with van der Waals surface area (Å²) in [5.74, 6) is -1.99. The van der Waals surface area contributed by atoms with Gasteiger partial charge in [0.25, 0.3) is 0 Å².